The maximum Gasteiger partial charge on any atom is 0.241 e. The SMILES string of the molecule is Cc1ccccc1S(=O)(=O)NCc1ccccc1N. The zero-order valence-corrected chi connectivity index (χ0v) is 11.4. The Bertz CT molecular complexity index is 681. The summed E-state index contributed by atoms with van der Waals surface area (Å²) in [6, 6.07) is 14.1. The third kappa shape index (κ3) is 3.13. The van der Waals surface area contributed by atoms with Crippen LogP contribution in [0.25, 0.3) is 0 Å². The van der Waals surface area contributed by atoms with Crippen LogP contribution in [0.4, 0.5) is 5.69 Å². The van der Waals surface area contributed by atoms with Crippen LogP contribution in [-0.4, -0.2) is 8.42 Å². The first-order chi connectivity index (χ1) is 9.00. The summed E-state index contributed by atoms with van der Waals surface area (Å²) in [6.45, 7) is 1.95. The maximum absolute atomic E-state index is 12.2. The summed E-state index contributed by atoms with van der Waals surface area (Å²) in [5, 5.41) is 0. The molecule has 0 fully saturated rings. The van der Waals surface area contributed by atoms with Crippen molar-refractivity contribution in [3.05, 3.63) is 59.7 Å². The van der Waals surface area contributed by atoms with Gasteiger partial charge in [-0.25, -0.2) is 13.1 Å². The van der Waals surface area contributed by atoms with E-state index in [4.69, 9.17) is 5.73 Å². The highest BCUT2D eigenvalue weighted by molar-refractivity contribution is 7.89. The minimum absolute atomic E-state index is 0.184. The molecule has 3 N–H and O–H groups in total. The molecule has 0 heterocycles. The van der Waals surface area contributed by atoms with Crippen LogP contribution in [0, 0.1) is 6.92 Å². The lowest BCUT2D eigenvalue weighted by atomic mass is 10.2. The van der Waals surface area contributed by atoms with Crippen LogP contribution < -0.4 is 10.5 Å². The number of nitrogen functional groups attached to an aromatic ring is 1. The van der Waals surface area contributed by atoms with Crippen LogP contribution >= 0.6 is 0 Å². The summed E-state index contributed by atoms with van der Waals surface area (Å²) in [4.78, 5) is 0.296. The molecule has 0 aromatic heterocycles. The molecule has 0 saturated carbocycles. The molecular weight excluding hydrogens is 260 g/mol. The van der Waals surface area contributed by atoms with Crippen molar-refractivity contribution in [3.63, 3.8) is 0 Å². The largest absolute Gasteiger partial charge is 0.398 e. The van der Waals surface area contributed by atoms with Crippen molar-refractivity contribution in [3.8, 4) is 0 Å². The number of anilines is 1. The minimum Gasteiger partial charge on any atom is -0.398 e. The van der Waals surface area contributed by atoms with E-state index in [1.807, 2.05) is 18.2 Å². The van der Waals surface area contributed by atoms with Crippen molar-refractivity contribution >= 4 is 15.7 Å². The number of aryl methyl sites for hydroxylation is 1. The molecule has 0 amide bonds. The number of hydrogen-bond acceptors (Lipinski definition) is 3. The van der Waals surface area contributed by atoms with E-state index in [2.05, 4.69) is 4.72 Å². The highest BCUT2D eigenvalue weighted by Crippen LogP contribution is 2.16. The van der Waals surface area contributed by atoms with Gasteiger partial charge in [-0.15, -0.1) is 0 Å². The highest BCUT2D eigenvalue weighted by atomic mass is 32.2. The average Bonchev–Trinajstić information content (AvgIpc) is 2.38. The van der Waals surface area contributed by atoms with E-state index < -0.39 is 10.0 Å². The molecule has 0 bridgehead atoms. The minimum atomic E-state index is -3.51. The van der Waals surface area contributed by atoms with Crippen LogP contribution in [0.3, 0.4) is 0 Å². The summed E-state index contributed by atoms with van der Waals surface area (Å²) in [5.74, 6) is 0. The Balaban J connectivity index is 2.20. The molecule has 0 aliphatic rings. The second kappa shape index (κ2) is 5.42. The highest BCUT2D eigenvalue weighted by Gasteiger charge is 2.15. The average molecular weight is 276 g/mol. The van der Waals surface area contributed by atoms with Crippen LogP contribution in [0.15, 0.2) is 53.4 Å². The summed E-state index contributed by atoms with van der Waals surface area (Å²) in [6.07, 6.45) is 0. The molecule has 0 aliphatic heterocycles. The molecular formula is C14H16N2O2S. The molecule has 0 atom stereocenters. The van der Waals surface area contributed by atoms with Gasteiger partial charge in [-0.1, -0.05) is 36.4 Å². The second-order valence-corrected chi connectivity index (χ2v) is 6.02. The van der Waals surface area contributed by atoms with Gasteiger partial charge in [0.2, 0.25) is 10.0 Å². The topological polar surface area (TPSA) is 72.2 Å². The Morgan fingerprint density at radius 3 is 2.37 bits per heavy atom. The Morgan fingerprint density at radius 2 is 1.68 bits per heavy atom. The van der Waals surface area contributed by atoms with Crippen molar-refractivity contribution in [2.45, 2.75) is 18.4 Å². The monoisotopic (exact) mass is 276 g/mol. The molecule has 0 unspecified atom stereocenters. The molecule has 2 rings (SSSR count). The van der Waals surface area contributed by atoms with Gasteiger partial charge in [-0.05, 0) is 30.2 Å². The predicted octanol–water partition coefficient (Wildman–Crippen LogP) is 2.06. The van der Waals surface area contributed by atoms with Crippen LogP contribution in [0.5, 0.6) is 0 Å². The second-order valence-electron chi connectivity index (χ2n) is 4.29. The van der Waals surface area contributed by atoms with Crippen molar-refractivity contribution in [1.29, 1.82) is 0 Å². The summed E-state index contributed by atoms with van der Waals surface area (Å²) < 4.78 is 26.9. The van der Waals surface area contributed by atoms with Gasteiger partial charge in [0.05, 0.1) is 4.90 Å². The molecule has 0 aliphatic carbocycles. The lowest BCUT2D eigenvalue weighted by Crippen LogP contribution is -2.24. The molecule has 100 valence electrons. The van der Waals surface area contributed by atoms with E-state index >= 15 is 0 Å². The van der Waals surface area contributed by atoms with Gasteiger partial charge in [0.25, 0.3) is 0 Å². The number of hydrogen-bond donors (Lipinski definition) is 2. The first-order valence-electron chi connectivity index (χ1n) is 5.89. The Labute approximate surface area is 113 Å². The summed E-state index contributed by atoms with van der Waals surface area (Å²) in [7, 11) is -3.51. The molecule has 2 aromatic rings. The number of nitrogens with one attached hydrogen (secondary N) is 1. The van der Waals surface area contributed by atoms with Gasteiger partial charge in [0.15, 0.2) is 0 Å². The molecule has 2 aromatic carbocycles. The van der Waals surface area contributed by atoms with Crippen LogP contribution in [0.2, 0.25) is 0 Å². The van der Waals surface area contributed by atoms with Crippen molar-refractivity contribution in [2.75, 3.05) is 5.73 Å². The van der Waals surface area contributed by atoms with Crippen LogP contribution in [0.1, 0.15) is 11.1 Å². The standard InChI is InChI=1S/C14H16N2O2S/c1-11-6-2-5-9-14(11)19(17,18)16-10-12-7-3-4-8-13(12)15/h2-9,16H,10,15H2,1H3. The van der Waals surface area contributed by atoms with Gasteiger partial charge >= 0.3 is 0 Å². The number of nitrogens with two attached hydrogens (primary N) is 1. The van der Waals surface area contributed by atoms with Gasteiger partial charge < -0.3 is 5.73 Å². The lowest BCUT2D eigenvalue weighted by molar-refractivity contribution is 0.581. The smallest absolute Gasteiger partial charge is 0.241 e. The number of rotatable bonds is 4. The van der Waals surface area contributed by atoms with Gasteiger partial charge in [-0.2, -0.15) is 0 Å². The number of sulfonamides is 1. The molecule has 5 heteroatoms. The van der Waals surface area contributed by atoms with E-state index in [0.29, 0.717) is 10.6 Å². The van der Waals surface area contributed by atoms with Crippen molar-refractivity contribution in [2.24, 2.45) is 0 Å². The van der Waals surface area contributed by atoms with E-state index in [-0.39, 0.29) is 6.54 Å². The zero-order chi connectivity index (χ0) is 13.9. The summed E-state index contributed by atoms with van der Waals surface area (Å²) in [5.41, 5.74) is 7.84. The van der Waals surface area contributed by atoms with E-state index in [1.54, 1.807) is 37.3 Å². The van der Waals surface area contributed by atoms with E-state index in [9.17, 15) is 8.42 Å². The van der Waals surface area contributed by atoms with Crippen molar-refractivity contribution < 1.29 is 8.42 Å². The quantitative estimate of drug-likeness (QED) is 0.840. The third-order valence-electron chi connectivity index (χ3n) is 2.89. The predicted molar refractivity (Wildman–Crippen MR) is 76.1 cm³/mol. The van der Waals surface area contributed by atoms with Gasteiger partial charge in [-0.3, -0.25) is 0 Å². The molecule has 0 radical (unpaired) electrons. The number of benzene rings is 2. The van der Waals surface area contributed by atoms with Crippen molar-refractivity contribution in [1.82, 2.24) is 4.72 Å². The first kappa shape index (κ1) is 13.6. The zero-order valence-electron chi connectivity index (χ0n) is 10.6. The lowest BCUT2D eigenvalue weighted by Gasteiger charge is -2.10. The molecule has 19 heavy (non-hydrogen) atoms. The third-order valence-corrected chi connectivity index (χ3v) is 4.45. The molecule has 0 saturated heterocycles. The molecule has 0 spiro atoms. The van der Waals surface area contributed by atoms with Gasteiger partial charge in [0, 0.05) is 12.2 Å². The summed E-state index contributed by atoms with van der Waals surface area (Å²) >= 11 is 0. The fourth-order valence-corrected chi connectivity index (χ4v) is 3.05. The Morgan fingerprint density at radius 1 is 1.05 bits per heavy atom. The van der Waals surface area contributed by atoms with Crippen LogP contribution in [-0.2, 0) is 16.6 Å². The van der Waals surface area contributed by atoms with E-state index in [0.717, 1.165) is 11.1 Å². The first-order valence-corrected chi connectivity index (χ1v) is 7.38. The molecule has 4 nitrogen and oxygen atoms in total. The Kier molecular flexibility index (Phi) is 3.87. The maximum atomic E-state index is 12.2. The fourth-order valence-electron chi connectivity index (χ4n) is 1.80. The van der Waals surface area contributed by atoms with E-state index in [1.165, 1.54) is 0 Å². The number of para-hydroxylation sites is 1. The fraction of sp³-hybridized carbons (Fsp3) is 0.143. The normalized spacial score (nSPS) is 11.4. The Hall–Kier alpha value is -1.85. The van der Waals surface area contributed by atoms with Gasteiger partial charge in [0.1, 0.15) is 0 Å².